The van der Waals surface area contributed by atoms with Crippen LogP contribution in [0.3, 0.4) is 0 Å². The van der Waals surface area contributed by atoms with Gasteiger partial charge in [0.1, 0.15) is 0 Å². The lowest BCUT2D eigenvalue weighted by molar-refractivity contribution is 0.0510. The number of hydrogen-bond donors (Lipinski definition) is 3. The van der Waals surface area contributed by atoms with Crippen LogP contribution in [-0.4, -0.2) is 74.1 Å². The van der Waals surface area contributed by atoms with Gasteiger partial charge in [0.2, 0.25) is 0 Å². The maximum atomic E-state index is 10.2. The standard InChI is InChI=1S/C44H93O6PS2/c1-3-5-7-9-11-13-15-17-19-21-23-25-27-29-31-33-35-47-37-39-49-41-43-53(51(45,46)52)44-42-50-40-38-48-36-34-32-30-28-26-24-22-20-18-16-14-12-10-8-6-4-2/h45-46,52H,3-44H2,1-2H3. The molecule has 0 aromatic rings. The third kappa shape index (κ3) is 45.5. The highest BCUT2D eigenvalue weighted by Gasteiger charge is 2.11. The van der Waals surface area contributed by atoms with E-state index in [1.807, 2.05) is 0 Å². The fourth-order valence-corrected chi connectivity index (χ4v) is 11.5. The summed E-state index contributed by atoms with van der Waals surface area (Å²) in [6.45, 7) is 9.40. The highest BCUT2D eigenvalue weighted by atomic mass is 32.9. The average molecular weight is 813 g/mol. The fourth-order valence-electron chi connectivity index (χ4n) is 6.81. The van der Waals surface area contributed by atoms with Gasteiger partial charge in [-0.25, -0.2) is 0 Å². The molecule has 0 amide bonds. The van der Waals surface area contributed by atoms with Gasteiger partial charge in [-0.2, -0.15) is 0 Å². The first-order valence-electron chi connectivity index (χ1n) is 23.1. The maximum Gasteiger partial charge on any atom is 0.198 e. The van der Waals surface area contributed by atoms with Crippen molar-refractivity contribution in [3.63, 3.8) is 0 Å². The third-order valence-electron chi connectivity index (χ3n) is 10.3. The monoisotopic (exact) mass is 813 g/mol. The zero-order chi connectivity index (χ0) is 38.6. The van der Waals surface area contributed by atoms with Crippen molar-refractivity contribution in [2.75, 3.05) is 64.4 Å². The molecule has 0 saturated carbocycles. The minimum absolute atomic E-state index is 0.484. The Balaban J connectivity index is 3.43. The molecule has 0 saturated heterocycles. The average Bonchev–Trinajstić information content (AvgIpc) is 3.14. The highest BCUT2D eigenvalue weighted by Crippen LogP contribution is 2.47. The van der Waals surface area contributed by atoms with Crippen molar-refractivity contribution in [1.29, 1.82) is 0 Å². The van der Waals surface area contributed by atoms with E-state index in [1.165, 1.54) is 193 Å². The summed E-state index contributed by atoms with van der Waals surface area (Å²) in [6, 6.07) is 0. The van der Waals surface area contributed by atoms with Crippen LogP contribution in [0.4, 0.5) is 0 Å². The van der Waals surface area contributed by atoms with Crippen LogP contribution in [0.1, 0.15) is 219 Å². The summed E-state index contributed by atoms with van der Waals surface area (Å²) in [5, 5.41) is 0. The molecular formula is C44H93O6PS2. The van der Waals surface area contributed by atoms with Gasteiger partial charge < -0.3 is 28.7 Å². The number of unbranched alkanes of at least 4 members (excludes halogenated alkanes) is 30. The molecule has 0 aliphatic rings. The van der Waals surface area contributed by atoms with Crippen LogP contribution in [0, 0.1) is 0 Å². The Morgan fingerprint density at radius 3 is 0.755 bits per heavy atom. The lowest BCUT2D eigenvalue weighted by Crippen LogP contribution is -2.16. The van der Waals surface area contributed by atoms with Crippen molar-refractivity contribution >= 4 is 28.0 Å². The van der Waals surface area contributed by atoms with Crippen LogP contribution in [0.15, 0.2) is 0 Å². The van der Waals surface area contributed by atoms with Gasteiger partial charge in [0.15, 0.2) is 5.69 Å². The second-order valence-corrected chi connectivity index (χ2v) is 23.8. The summed E-state index contributed by atoms with van der Waals surface area (Å²) < 4.78 is 22.9. The topological polar surface area (TPSA) is 77.4 Å². The van der Waals surface area contributed by atoms with E-state index in [4.69, 9.17) is 18.9 Å². The fraction of sp³-hybridized carbons (Fsp3) is 1.00. The summed E-state index contributed by atoms with van der Waals surface area (Å²) in [4.78, 5) is 20.4. The largest absolute Gasteiger partial charge is 0.379 e. The van der Waals surface area contributed by atoms with Crippen LogP contribution in [0.2, 0.25) is 0 Å². The predicted octanol–water partition coefficient (Wildman–Crippen LogP) is 13.8. The van der Waals surface area contributed by atoms with Crippen molar-refractivity contribution in [2.24, 2.45) is 0 Å². The zero-order valence-corrected chi connectivity index (χ0v) is 38.1. The van der Waals surface area contributed by atoms with Gasteiger partial charge in [-0.15, -0.1) is 10.1 Å². The van der Waals surface area contributed by atoms with Gasteiger partial charge >= 0.3 is 0 Å². The van der Waals surface area contributed by atoms with E-state index < -0.39 is 15.8 Å². The smallest absolute Gasteiger partial charge is 0.198 e. The molecule has 0 heterocycles. The Bertz CT molecular complexity index is 695. The first-order chi connectivity index (χ1) is 26.0. The van der Waals surface area contributed by atoms with Crippen molar-refractivity contribution in [2.45, 2.75) is 219 Å². The minimum Gasteiger partial charge on any atom is -0.379 e. The molecule has 0 aromatic carbocycles. The molecule has 53 heavy (non-hydrogen) atoms. The normalized spacial score (nSPS) is 12.1. The molecule has 322 valence electrons. The van der Waals surface area contributed by atoms with Gasteiger partial charge in [-0.05, 0) is 12.8 Å². The van der Waals surface area contributed by atoms with Crippen LogP contribution in [0.25, 0.3) is 0 Å². The van der Waals surface area contributed by atoms with Crippen LogP contribution < -0.4 is 0 Å². The van der Waals surface area contributed by atoms with Gasteiger partial charge in [-0.1, -0.05) is 219 Å². The summed E-state index contributed by atoms with van der Waals surface area (Å²) in [7, 11) is -0.627. The zero-order valence-electron chi connectivity index (χ0n) is 35.5. The van der Waals surface area contributed by atoms with E-state index in [0.717, 1.165) is 26.1 Å². The van der Waals surface area contributed by atoms with Gasteiger partial charge in [0.25, 0.3) is 0 Å². The molecule has 0 atom stereocenters. The molecule has 0 unspecified atom stereocenters. The lowest BCUT2D eigenvalue weighted by Gasteiger charge is -2.16. The van der Waals surface area contributed by atoms with E-state index in [-0.39, 0.29) is 0 Å². The summed E-state index contributed by atoms with van der Waals surface area (Å²) in [5.74, 6) is 1.17. The molecule has 0 bridgehead atoms. The van der Waals surface area contributed by atoms with Crippen molar-refractivity contribution in [3.05, 3.63) is 0 Å². The molecular weight excluding hydrogens is 720 g/mol. The number of hydrogen-bond acceptors (Lipinski definition) is 4. The van der Waals surface area contributed by atoms with E-state index in [9.17, 15) is 9.79 Å². The van der Waals surface area contributed by atoms with E-state index >= 15 is 0 Å². The number of rotatable bonds is 46. The first-order valence-corrected chi connectivity index (χ1v) is 28.1. The predicted molar refractivity (Wildman–Crippen MR) is 240 cm³/mol. The minimum atomic E-state index is -3.22. The first kappa shape index (κ1) is 53.9. The van der Waals surface area contributed by atoms with Gasteiger partial charge in [0, 0.05) is 24.7 Å². The molecule has 0 fully saturated rings. The molecule has 2 N–H and O–H groups in total. The second kappa shape index (κ2) is 45.6. The van der Waals surface area contributed by atoms with Crippen molar-refractivity contribution in [3.8, 4) is 0 Å². The summed E-state index contributed by atoms with van der Waals surface area (Å²) >= 11 is 4.12. The molecule has 9 heteroatoms. The second-order valence-electron chi connectivity index (χ2n) is 15.4. The SMILES string of the molecule is CCCCCCCCCCCCCCCCCCOCCOCCS(CCOCCOCCCCCCCCCCCCCCCCCC)=P(O)(O)S. The van der Waals surface area contributed by atoms with Crippen molar-refractivity contribution < 1.29 is 28.7 Å². The van der Waals surface area contributed by atoms with Crippen LogP contribution in [0.5, 0.6) is 0 Å². The van der Waals surface area contributed by atoms with E-state index in [2.05, 4.69) is 26.1 Å². The molecule has 0 rings (SSSR count). The van der Waals surface area contributed by atoms with Gasteiger partial charge in [-0.3, -0.25) is 0 Å². The van der Waals surface area contributed by atoms with Crippen LogP contribution in [-0.2, 0) is 29.0 Å². The summed E-state index contributed by atoms with van der Waals surface area (Å²) in [6.07, 6.45) is 44.1. The molecule has 0 aromatic heterocycles. The Hall–Kier alpha value is 0.890. The lowest BCUT2D eigenvalue weighted by atomic mass is 10.0. The van der Waals surface area contributed by atoms with E-state index in [0.29, 0.717) is 51.1 Å². The Kier molecular flexibility index (Phi) is 46.4. The number of thiol groups is 1. The molecule has 0 aliphatic heterocycles. The highest BCUT2D eigenvalue weighted by molar-refractivity contribution is 8.65. The Morgan fingerprint density at radius 2 is 0.528 bits per heavy atom. The Morgan fingerprint density at radius 1 is 0.321 bits per heavy atom. The van der Waals surface area contributed by atoms with Gasteiger partial charge in [0.05, 0.1) is 39.6 Å². The third-order valence-corrected chi connectivity index (χ3v) is 17.5. The van der Waals surface area contributed by atoms with Crippen LogP contribution >= 0.6 is 17.9 Å². The molecule has 0 radical (unpaired) electrons. The summed E-state index contributed by atoms with van der Waals surface area (Å²) in [5.41, 5.74) is -3.22. The molecule has 6 nitrogen and oxygen atoms in total. The van der Waals surface area contributed by atoms with E-state index in [1.54, 1.807) is 0 Å². The number of ether oxygens (including phenoxy) is 4. The van der Waals surface area contributed by atoms with Crippen molar-refractivity contribution in [1.82, 2.24) is 0 Å². The maximum absolute atomic E-state index is 10.2. The molecule has 0 aliphatic carbocycles. The molecule has 0 spiro atoms. The Labute approximate surface area is 339 Å². The quantitative estimate of drug-likeness (QED) is 0.0323.